The van der Waals surface area contributed by atoms with Crippen molar-refractivity contribution in [1.29, 1.82) is 0 Å². The number of rotatable bonds is 5. The van der Waals surface area contributed by atoms with Gasteiger partial charge in [0.05, 0.1) is 6.42 Å². The molecular formula is C13H13Cl2NO3. The van der Waals surface area contributed by atoms with E-state index in [0.29, 0.717) is 15.6 Å². The Balaban J connectivity index is 1.81. The van der Waals surface area contributed by atoms with Crippen molar-refractivity contribution in [1.82, 2.24) is 5.32 Å². The van der Waals surface area contributed by atoms with Crippen LogP contribution in [-0.4, -0.2) is 24.5 Å². The molecule has 1 aromatic rings. The number of nitrogens with one attached hydrogen (secondary N) is 1. The molecule has 0 bridgehead atoms. The molecule has 0 spiro atoms. The Labute approximate surface area is 121 Å². The molecule has 0 heterocycles. The quantitative estimate of drug-likeness (QED) is 0.850. The number of carbonyl (C=O) groups excluding carboxylic acids is 2. The second-order valence-electron chi connectivity index (χ2n) is 4.38. The number of hydrogen-bond donors (Lipinski definition) is 1. The standard InChI is InChI=1S/C13H13Cl2NO3/c14-10-2-1-3-11(15)9(10)6-13(18)19-7-12(17)16-8-4-5-8/h1-3,8H,4-7H2,(H,16,17). The fraction of sp³-hybridized carbons (Fsp3) is 0.385. The maximum absolute atomic E-state index is 11.6. The Bertz CT molecular complexity index is 480. The minimum Gasteiger partial charge on any atom is -0.455 e. The number of halogens is 2. The molecule has 19 heavy (non-hydrogen) atoms. The van der Waals surface area contributed by atoms with Crippen molar-refractivity contribution in [2.75, 3.05) is 6.61 Å². The fourth-order valence-corrected chi connectivity index (χ4v) is 2.07. The molecule has 1 amide bonds. The molecule has 0 radical (unpaired) electrons. The van der Waals surface area contributed by atoms with Gasteiger partial charge in [-0.3, -0.25) is 9.59 Å². The number of ether oxygens (including phenoxy) is 1. The van der Waals surface area contributed by atoms with E-state index in [-0.39, 0.29) is 25.0 Å². The lowest BCUT2D eigenvalue weighted by atomic mass is 10.1. The zero-order chi connectivity index (χ0) is 13.8. The summed E-state index contributed by atoms with van der Waals surface area (Å²) in [6.45, 7) is -0.266. The van der Waals surface area contributed by atoms with E-state index in [9.17, 15) is 9.59 Å². The molecule has 0 saturated heterocycles. The van der Waals surface area contributed by atoms with E-state index in [4.69, 9.17) is 27.9 Å². The van der Waals surface area contributed by atoms with E-state index in [2.05, 4.69) is 5.32 Å². The summed E-state index contributed by atoms with van der Waals surface area (Å²) in [7, 11) is 0. The van der Waals surface area contributed by atoms with Gasteiger partial charge in [-0.05, 0) is 25.0 Å². The Morgan fingerprint density at radius 2 is 1.89 bits per heavy atom. The normalized spacial score (nSPS) is 14.0. The first-order valence-corrected chi connectivity index (χ1v) is 6.69. The molecule has 0 aliphatic heterocycles. The number of benzene rings is 1. The average Bonchev–Trinajstić information content (AvgIpc) is 3.15. The summed E-state index contributed by atoms with van der Waals surface area (Å²) in [4.78, 5) is 22.9. The second kappa shape index (κ2) is 6.26. The molecule has 1 saturated carbocycles. The van der Waals surface area contributed by atoms with E-state index in [0.717, 1.165) is 12.8 Å². The molecule has 1 N–H and O–H groups in total. The zero-order valence-electron chi connectivity index (χ0n) is 10.1. The van der Waals surface area contributed by atoms with Crippen LogP contribution in [0.25, 0.3) is 0 Å². The van der Waals surface area contributed by atoms with Gasteiger partial charge in [-0.2, -0.15) is 0 Å². The summed E-state index contributed by atoms with van der Waals surface area (Å²) >= 11 is 11.9. The third-order valence-electron chi connectivity index (χ3n) is 2.69. The van der Waals surface area contributed by atoms with Crippen molar-refractivity contribution in [3.63, 3.8) is 0 Å². The van der Waals surface area contributed by atoms with Crippen molar-refractivity contribution < 1.29 is 14.3 Å². The van der Waals surface area contributed by atoms with Gasteiger partial charge in [-0.1, -0.05) is 29.3 Å². The van der Waals surface area contributed by atoms with Crippen molar-refractivity contribution in [3.05, 3.63) is 33.8 Å². The minimum absolute atomic E-state index is 0.0464. The molecule has 2 rings (SSSR count). The van der Waals surface area contributed by atoms with Gasteiger partial charge in [0.2, 0.25) is 0 Å². The molecule has 6 heteroatoms. The monoisotopic (exact) mass is 301 g/mol. The van der Waals surface area contributed by atoms with Crippen molar-refractivity contribution in [2.45, 2.75) is 25.3 Å². The summed E-state index contributed by atoms with van der Waals surface area (Å²) < 4.78 is 4.88. The highest BCUT2D eigenvalue weighted by atomic mass is 35.5. The Morgan fingerprint density at radius 1 is 1.26 bits per heavy atom. The first kappa shape index (κ1) is 14.2. The maximum atomic E-state index is 11.6. The predicted molar refractivity (Wildman–Crippen MR) is 72.3 cm³/mol. The van der Waals surface area contributed by atoms with Crippen LogP contribution in [0.5, 0.6) is 0 Å². The minimum atomic E-state index is -0.527. The summed E-state index contributed by atoms with van der Waals surface area (Å²) in [6, 6.07) is 5.25. The summed E-state index contributed by atoms with van der Waals surface area (Å²) in [5.41, 5.74) is 0.512. The summed E-state index contributed by atoms with van der Waals surface area (Å²) in [5, 5.41) is 3.55. The Morgan fingerprint density at radius 3 is 2.47 bits per heavy atom. The van der Waals surface area contributed by atoms with Gasteiger partial charge >= 0.3 is 5.97 Å². The molecule has 1 fully saturated rings. The third-order valence-corrected chi connectivity index (χ3v) is 3.40. The predicted octanol–water partition coefficient (Wildman–Crippen LogP) is 2.36. The van der Waals surface area contributed by atoms with Crippen LogP contribution >= 0.6 is 23.2 Å². The molecule has 102 valence electrons. The molecule has 0 unspecified atom stereocenters. The van der Waals surface area contributed by atoms with E-state index in [1.54, 1.807) is 18.2 Å². The Kier molecular flexibility index (Phi) is 4.66. The zero-order valence-corrected chi connectivity index (χ0v) is 11.6. The number of carbonyl (C=O) groups is 2. The fourth-order valence-electron chi connectivity index (χ4n) is 1.54. The maximum Gasteiger partial charge on any atom is 0.310 e. The van der Waals surface area contributed by atoms with E-state index in [1.165, 1.54) is 0 Å². The van der Waals surface area contributed by atoms with Gasteiger partial charge in [-0.15, -0.1) is 0 Å². The van der Waals surface area contributed by atoms with Crippen LogP contribution in [0, 0.1) is 0 Å². The van der Waals surface area contributed by atoms with Crippen LogP contribution in [0.15, 0.2) is 18.2 Å². The van der Waals surface area contributed by atoms with E-state index in [1.807, 2.05) is 0 Å². The highest BCUT2D eigenvalue weighted by molar-refractivity contribution is 6.36. The third kappa shape index (κ3) is 4.40. The number of amides is 1. The van der Waals surface area contributed by atoms with Gasteiger partial charge in [-0.25, -0.2) is 0 Å². The molecule has 0 atom stereocenters. The number of hydrogen-bond acceptors (Lipinski definition) is 3. The highest BCUT2D eigenvalue weighted by Gasteiger charge is 2.23. The van der Waals surface area contributed by atoms with Gasteiger partial charge in [0.25, 0.3) is 5.91 Å². The van der Waals surface area contributed by atoms with Gasteiger partial charge in [0.15, 0.2) is 6.61 Å². The molecule has 4 nitrogen and oxygen atoms in total. The van der Waals surface area contributed by atoms with Crippen LogP contribution in [0.2, 0.25) is 10.0 Å². The SMILES string of the molecule is O=C(COC(=O)Cc1c(Cl)cccc1Cl)NC1CC1. The van der Waals surface area contributed by atoms with E-state index < -0.39 is 5.97 Å². The van der Waals surface area contributed by atoms with E-state index >= 15 is 0 Å². The highest BCUT2D eigenvalue weighted by Crippen LogP contribution is 2.24. The van der Waals surface area contributed by atoms with Crippen LogP contribution in [0.4, 0.5) is 0 Å². The van der Waals surface area contributed by atoms with Crippen molar-refractivity contribution in [2.24, 2.45) is 0 Å². The molecule has 1 aliphatic carbocycles. The van der Waals surface area contributed by atoms with Crippen molar-refractivity contribution >= 4 is 35.1 Å². The molecule has 0 aromatic heterocycles. The largest absolute Gasteiger partial charge is 0.455 e. The lowest BCUT2D eigenvalue weighted by Gasteiger charge is -2.08. The summed E-state index contributed by atoms with van der Waals surface area (Å²) in [5.74, 6) is -0.804. The lowest BCUT2D eigenvalue weighted by molar-refractivity contribution is -0.147. The van der Waals surface area contributed by atoms with Gasteiger partial charge in [0, 0.05) is 21.7 Å². The smallest absolute Gasteiger partial charge is 0.310 e. The molecule has 1 aliphatic rings. The lowest BCUT2D eigenvalue weighted by Crippen LogP contribution is -2.30. The molecular weight excluding hydrogens is 289 g/mol. The van der Waals surface area contributed by atoms with Crippen LogP contribution < -0.4 is 5.32 Å². The van der Waals surface area contributed by atoms with Crippen LogP contribution in [-0.2, 0) is 20.7 Å². The first-order valence-electron chi connectivity index (χ1n) is 5.94. The number of esters is 1. The van der Waals surface area contributed by atoms with Crippen LogP contribution in [0.1, 0.15) is 18.4 Å². The first-order chi connectivity index (χ1) is 9.06. The molecule has 1 aromatic carbocycles. The topological polar surface area (TPSA) is 55.4 Å². The Hall–Kier alpha value is -1.26. The van der Waals surface area contributed by atoms with Gasteiger partial charge in [0.1, 0.15) is 0 Å². The second-order valence-corrected chi connectivity index (χ2v) is 5.19. The van der Waals surface area contributed by atoms with Gasteiger partial charge < -0.3 is 10.1 Å². The summed E-state index contributed by atoms with van der Waals surface area (Å²) in [6.07, 6.45) is 1.94. The van der Waals surface area contributed by atoms with Crippen molar-refractivity contribution in [3.8, 4) is 0 Å². The average molecular weight is 302 g/mol. The van der Waals surface area contributed by atoms with Crippen LogP contribution in [0.3, 0.4) is 0 Å².